The molecular formula is C18H24N6O. The minimum Gasteiger partial charge on any atom is -0.338 e. The van der Waals surface area contributed by atoms with Gasteiger partial charge >= 0.3 is 0 Å². The van der Waals surface area contributed by atoms with E-state index in [-0.39, 0.29) is 5.91 Å². The van der Waals surface area contributed by atoms with Gasteiger partial charge in [0.25, 0.3) is 0 Å². The van der Waals surface area contributed by atoms with Gasteiger partial charge in [-0.25, -0.2) is 15.8 Å². The van der Waals surface area contributed by atoms with Crippen LogP contribution in [-0.2, 0) is 24.1 Å². The molecule has 3 rings (SSSR count). The van der Waals surface area contributed by atoms with E-state index in [2.05, 4.69) is 32.8 Å². The molecule has 4 N–H and O–H groups in total. The molecule has 2 aromatic rings. The van der Waals surface area contributed by atoms with Crippen LogP contribution in [0.5, 0.6) is 0 Å². The minimum atomic E-state index is -0.186. The van der Waals surface area contributed by atoms with Crippen molar-refractivity contribution in [3.63, 3.8) is 0 Å². The summed E-state index contributed by atoms with van der Waals surface area (Å²) in [7, 11) is 0. The van der Waals surface area contributed by atoms with Gasteiger partial charge in [0, 0.05) is 38.1 Å². The van der Waals surface area contributed by atoms with Crippen molar-refractivity contribution in [1.29, 1.82) is 0 Å². The van der Waals surface area contributed by atoms with E-state index >= 15 is 0 Å². The van der Waals surface area contributed by atoms with E-state index in [0.29, 0.717) is 6.42 Å². The Morgan fingerprint density at radius 3 is 2.56 bits per heavy atom. The molecule has 7 heteroatoms. The van der Waals surface area contributed by atoms with Gasteiger partial charge in [0.1, 0.15) is 0 Å². The molecule has 0 aliphatic carbocycles. The molecular weight excluding hydrogens is 316 g/mol. The number of amides is 1. The number of nitrogens with one attached hydrogen (secondary N) is 2. The number of hydrazine groups is 1. The Morgan fingerprint density at radius 2 is 1.84 bits per heavy atom. The Bertz CT molecular complexity index is 697. The molecule has 1 aliphatic heterocycles. The van der Waals surface area contributed by atoms with Crippen molar-refractivity contribution in [2.45, 2.75) is 19.3 Å². The van der Waals surface area contributed by atoms with Crippen LogP contribution in [0.25, 0.3) is 0 Å². The van der Waals surface area contributed by atoms with Gasteiger partial charge in [-0.05, 0) is 30.0 Å². The van der Waals surface area contributed by atoms with Crippen LogP contribution in [0.2, 0.25) is 0 Å². The van der Waals surface area contributed by atoms with Crippen molar-refractivity contribution in [2.24, 2.45) is 5.84 Å². The number of carbonyl (C=O) groups excluding carboxylic acids is 1. The number of benzene rings is 1. The van der Waals surface area contributed by atoms with Crippen molar-refractivity contribution in [3.8, 4) is 0 Å². The van der Waals surface area contributed by atoms with Crippen LogP contribution in [-0.4, -0.2) is 42.1 Å². The molecule has 1 saturated heterocycles. The summed E-state index contributed by atoms with van der Waals surface area (Å²) in [5.74, 6) is 5.74. The van der Waals surface area contributed by atoms with Crippen molar-refractivity contribution in [2.75, 3.05) is 31.1 Å². The zero-order valence-electron chi connectivity index (χ0n) is 14.2. The lowest BCUT2D eigenvalue weighted by molar-refractivity contribution is -0.120. The summed E-state index contributed by atoms with van der Waals surface area (Å²) >= 11 is 0. The van der Waals surface area contributed by atoms with Crippen molar-refractivity contribution in [1.82, 2.24) is 20.7 Å². The lowest BCUT2D eigenvalue weighted by Gasteiger charge is -2.27. The number of aryl methyl sites for hydroxylation is 2. The van der Waals surface area contributed by atoms with Gasteiger partial charge in [-0.2, -0.15) is 0 Å². The maximum Gasteiger partial charge on any atom is 0.238 e. The molecule has 1 aromatic heterocycles. The fourth-order valence-corrected chi connectivity index (χ4v) is 2.87. The number of nitrogens with zero attached hydrogens (tertiary/aromatic N) is 3. The third-order valence-corrected chi connectivity index (χ3v) is 4.32. The van der Waals surface area contributed by atoms with Crippen molar-refractivity contribution < 1.29 is 4.79 Å². The SMILES string of the molecule is NNC(=O)Cc1ccc(CCc2ccnc(N3CCNCC3)n2)cc1. The second kappa shape index (κ2) is 8.55. The van der Waals surface area contributed by atoms with Crippen LogP contribution in [0.15, 0.2) is 36.5 Å². The Kier molecular flexibility index (Phi) is 5.92. The predicted octanol–water partition coefficient (Wildman–Crippen LogP) is 0.204. The number of hydrogen-bond acceptors (Lipinski definition) is 6. The van der Waals surface area contributed by atoms with Crippen LogP contribution in [0, 0.1) is 0 Å². The standard InChI is InChI=1S/C18H24N6O/c19-23-17(25)13-15-3-1-14(2-4-15)5-6-16-7-8-21-18(22-16)24-11-9-20-10-12-24/h1-4,7-8,20H,5-6,9-13,19H2,(H,23,25). The highest BCUT2D eigenvalue weighted by molar-refractivity contribution is 5.77. The molecule has 0 saturated carbocycles. The number of piperazine rings is 1. The van der Waals surface area contributed by atoms with Crippen LogP contribution in [0.4, 0.5) is 5.95 Å². The average molecular weight is 340 g/mol. The largest absolute Gasteiger partial charge is 0.338 e. The number of rotatable bonds is 6. The number of anilines is 1. The maximum absolute atomic E-state index is 11.3. The smallest absolute Gasteiger partial charge is 0.238 e. The summed E-state index contributed by atoms with van der Waals surface area (Å²) in [6.07, 6.45) is 3.91. The molecule has 1 aliphatic rings. The summed E-state index contributed by atoms with van der Waals surface area (Å²) < 4.78 is 0. The van der Waals surface area contributed by atoms with E-state index in [0.717, 1.165) is 56.2 Å². The van der Waals surface area contributed by atoms with Crippen molar-refractivity contribution >= 4 is 11.9 Å². The van der Waals surface area contributed by atoms with Gasteiger partial charge < -0.3 is 10.2 Å². The minimum absolute atomic E-state index is 0.186. The lowest BCUT2D eigenvalue weighted by Crippen LogP contribution is -2.44. The number of carbonyl (C=O) groups is 1. The first-order valence-corrected chi connectivity index (χ1v) is 8.59. The number of hydrogen-bond donors (Lipinski definition) is 3. The summed E-state index contributed by atoms with van der Waals surface area (Å²) in [6.45, 7) is 3.84. The maximum atomic E-state index is 11.3. The summed E-state index contributed by atoms with van der Waals surface area (Å²) in [4.78, 5) is 22.6. The second-order valence-corrected chi connectivity index (χ2v) is 6.15. The number of nitrogens with two attached hydrogens (primary N) is 1. The van der Waals surface area contributed by atoms with E-state index in [4.69, 9.17) is 10.8 Å². The quantitative estimate of drug-likeness (QED) is 0.395. The summed E-state index contributed by atoms with van der Waals surface area (Å²) in [5.41, 5.74) is 5.37. The topological polar surface area (TPSA) is 96.2 Å². The molecule has 132 valence electrons. The summed E-state index contributed by atoms with van der Waals surface area (Å²) in [5, 5.41) is 3.34. The van der Waals surface area contributed by atoms with Gasteiger partial charge in [-0.15, -0.1) is 0 Å². The molecule has 7 nitrogen and oxygen atoms in total. The molecule has 1 aromatic carbocycles. The Hall–Kier alpha value is -2.51. The molecule has 0 unspecified atom stereocenters. The fraction of sp³-hybridized carbons (Fsp3) is 0.389. The van der Waals surface area contributed by atoms with Crippen LogP contribution >= 0.6 is 0 Å². The monoisotopic (exact) mass is 340 g/mol. The molecule has 0 bridgehead atoms. The first-order valence-electron chi connectivity index (χ1n) is 8.59. The van der Waals surface area contributed by atoms with Crippen LogP contribution < -0.4 is 21.5 Å². The Balaban J connectivity index is 1.57. The first-order chi connectivity index (χ1) is 12.2. The van der Waals surface area contributed by atoms with E-state index in [9.17, 15) is 4.79 Å². The highest BCUT2D eigenvalue weighted by Crippen LogP contribution is 2.12. The molecule has 1 amide bonds. The Morgan fingerprint density at radius 1 is 1.12 bits per heavy atom. The molecule has 0 radical (unpaired) electrons. The van der Waals surface area contributed by atoms with Gasteiger partial charge in [-0.3, -0.25) is 10.2 Å². The number of aromatic nitrogens is 2. The summed E-state index contributed by atoms with van der Waals surface area (Å²) in [6, 6.07) is 10.0. The molecule has 1 fully saturated rings. The van der Waals surface area contributed by atoms with E-state index < -0.39 is 0 Å². The van der Waals surface area contributed by atoms with Gasteiger partial charge in [0.2, 0.25) is 11.9 Å². The second-order valence-electron chi connectivity index (χ2n) is 6.15. The molecule has 0 spiro atoms. The van der Waals surface area contributed by atoms with Gasteiger partial charge in [0.05, 0.1) is 6.42 Å². The lowest BCUT2D eigenvalue weighted by atomic mass is 10.0. The third kappa shape index (κ3) is 4.98. The van der Waals surface area contributed by atoms with E-state index in [1.807, 2.05) is 24.4 Å². The fourth-order valence-electron chi connectivity index (χ4n) is 2.87. The molecule has 0 atom stereocenters. The normalized spacial score (nSPS) is 14.4. The highest BCUT2D eigenvalue weighted by atomic mass is 16.2. The van der Waals surface area contributed by atoms with E-state index in [1.54, 1.807) is 0 Å². The highest BCUT2D eigenvalue weighted by Gasteiger charge is 2.13. The van der Waals surface area contributed by atoms with Crippen molar-refractivity contribution in [3.05, 3.63) is 53.3 Å². The third-order valence-electron chi connectivity index (χ3n) is 4.32. The molecule has 25 heavy (non-hydrogen) atoms. The van der Waals surface area contributed by atoms with Gasteiger partial charge in [-0.1, -0.05) is 24.3 Å². The Labute approximate surface area is 147 Å². The first kappa shape index (κ1) is 17.3. The van der Waals surface area contributed by atoms with Crippen LogP contribution in [0.3, 0.4) is 0 Å². The van der Waals surface area contributed by atoms with Crippen LogP contribution in [0.1, 0.15) is 16.8 Å². The average Bonchev–Trinajstić information content (AvgIpc) is 2.68. The van der Waals surface area contributed by atoms with Gasteiger partial charge in [0.15, 0.2) is 0 Å². The molecule has 2 heterocycles. The van der Waals surface area contributed by atoms with E-state index in [1.165, 1.54) is 5.56 Å². The zero-order chi connectivity index (χ0) is 17.5. The predicted molar refractivity (Wildman–Crippen MR) is 97.0 cm³/mol. The zero-order valence-corrected chi connectivity index (χ0v) is 14.2.